The van der Waals surface area contributed by atoms with E-state index in [0.717, 1.165) is 25.2 Å². The Morgan fingerprint density at radius 3 is 3.20 bits per heavy atom. The predicted molar refractivity (Wildman–Crippen MR) is 54.6 cm³/mol. The van der Waals surface area contributed by atoms with Crippen LogP contribution in [-0.4, -0.2) is 39.8 Å². The highest BCUT2D eigenvalue weighted by Gasteiger charge is 2.19. The van der Waals surface area contributed by atoms with Gasteiger partial charge in [0.2, 0.25) is 0 Å². The Bertz CT molecular complexity index is 373. The van der Waals surface area contributed by atoms with Gasteiger partial charge >= 0.3 is 5.97 Å². The zero-order chi connectivity index (χ0) is 10.8. The van der Waals surface area contributed by atoms with Crippen molar-refractivity contribution in [2.45, 2.75) is 25.8 Å². The lowest BCUT2D eigenvalue weighted by Crippen LogP contribution is -2.26. The summed E-state index contributed by atoms with van der Waals surface area (Å²) in [6.07, 6.45) is 1.65. The Labute approximate surface area is 88.1 Å². The molecule has 5 nitrogen and oxygen atoms in total. The lowest BCUT2D eigenvalue weighted by Gasteiger charge is -2.22. The van der Waals surface area contributed by atoms with E-state index in [-0.39, 0.29) is 6.42 Å². The van der Waals surface area contributed by atoms with Crippen LogP contribution in [-0.2, 0) is 24.2 Å². The molecule has 2 heterocycles. The van der Waals surface area contributed by atoms with Crippen molar-refractivity contribution in [3.8, 4) is 0 Å². The van der Waals surface area contributed by atoms with Crippen molar-refractivity contribution in [3.63, 3.8) is 0 Å². The van der Waals surface area contributed by atoms with Gasteiger partial charge < -0.3 is 10.0 Å². The SMILES string of the molecule is CN1CCc2[nH]nc(CCC(=O)O)c2C1. The Hall–Kier alpha value is -1.36. The number of hydrogen-bond donors (Lipinski definition) is 2. The van der Waals surface area contributed by atoms with Gasteiger partial charge in [-0.05, 0) is 7.05 Å². The van der Waals surface area contributed by atoms with Crippen molar-refractivity contribution in [2.24, 2.45) is 0 Å². The van der Waals surface area contributed by atoms with Crippen molar-refractivity contribution in [1.82, 2.24) is 15.1 Å². The molecule has 0 unspecified atom stereocenters. The number of fused-ring (bicyclic) bond motifs is 1. The first-order valence-corrected chi connectivity index (χ1v) is 5.12. The first kappa shape index (κ1) is 10.2. The fraction of sp³-hybridized carbons (Fsp3) is 0.600. The Balaban J connectivity index is 2.12. The van der Waals surface area contributed by atoms with E-state index in [4.69, 9.17) is 5.11 Å². The number of hydrogen-bond acceptors (Lipinski definition) is 3. The highest BCUT2D eigenvalue weighted by Crippen LogP contribution is 2.20. The standard InChI is InChI=1S/C10H15N3O2/c1-13-5-4-9-7(6-13)8(11-12-9)2-3-10(14)15/h2-6H2,1H3,(H,11,12)(H,14,15). The molecule has 0 saturated heterocycles. The average molecular weight is 209 g/mol. The van der Waals surface area contributed by atoms with Crippen LogP contribution in [0.4, 0.5) is 0 Å². The smallest absolute Gasteiger partial charge is 0.303 e. The monoisotopic (exact) mass is 209 g/mol. The number of rotatable bonds is 3. The highest BCUT2D eigenvalue weighted by molar-refractivity contribution is 5.67. The highest BCUT2D eigenvalue weighted by atomic mass is 16.4. The Morgan fingerprint density at radius 1 is 1.67 bits per heavy atom. The minimum atomic E-state index is -0.768. The topological polar surface area (TPSA) is 69.2 Å². The largest absolute Gasteiger partial charge is 0.481 e. The lowest BCUT2D eigenvalue weighted by atomic mass is 10.0. The van der Waals surface area contributed by atoms with E-state index >= 15 is 0 Å². The number of H-pyrrole nitrogens is 1. The summed E-state index contributed by atoms with van der Waals surface area (Å²) in [5, 5.41) is 15.8. The van der Waals surface area contributed by atoms with Gasteiger partial charge in [0.1, 0.15) is 0 Å². The van der Waals surface area contributed by atoms with Crippen LogP contribution in [0.1, 0.15) is 23.4 Å². The first-order valence-electron chi connectivity index (χ1n) is 5.12. The van der Waals surface area contributed by atoms with E-state index in [1.165, 1.54) is 11.3 Å². The third kappa shape index (κ3) is 2.18. The molecule has 0 aliphatic carbocycles. The van der Waals surface area contributed by atoms with Gasteiger partial charge in [-0.3, -0.25) is 9.89 Å². The summed E-state index contributed by atoms with van der Waals surface area (Å²) in [6, 6.07) is 0. The molecule has 1 aliphatic heterocycles. The molecule has 5 heteroatoms. The average Bonchev–Trinajstić information content (AvgIpc) is 2.57. The number of nitrogens with one attached hydrogen (secondary N) is 1. The molecular formula is C10H15N3O2. The molecule has 0 aromatic carbocycles. The summed E-state index contributed by atoms with van der Waals surface area (Å²) in [7, 11) is 2.07. The van der Waals surface area contributed by atoms with E-state index in [1.54, 1.807) is 0 Å². The molecular weight excluding hydrogens is 194 g/mol. The summed E-state index contributed by atoms with van der Waals surface area (Å²) in [4.78, 5) is 12.7. The molecule has 0 saturated carbocycles. The van der Waals surface area contributed by atoms with E-state index in [1.807, 2.05) is 0 Å². The third-order valence-corrected chi connectivity index (χ3v) is 2.79. The van der Waals surface area contributed by atoms with Crippen LogP contribution < -0.4 is 0 Å². The van der Waals surface area contributed by atoms with Crippen molar-refractivity contribution in [3.05, 3.63) is 17.0 Å². The predicted octanol–water partition coefficient (Wildman–Crippen LogP) is 0.415. The molecule has 1 aromatic rings. The van der Waals surface area contributed by atoms with Gasteiger partial charge in [-0.2, -0.15) is 5.10 Å². The second-order valence-corrected chi connectivity index (χ2v) is 4.01. The van der Waals surface area contributed by atoms with E-state index in [0.29, 0.717) is 6.42 Å². The number of likely N-dealkylation sites (N-methyl/N-ethyl adjacent to an activating group) is 1. The summed E-state index contributed by atoms with van der Waals surface area (Å²) in [6.45, 7) is 1.91. The molecule has 1 aliphatic rings. The summed E-state index contributed by atoms with van der Waals surface area (Å²) in [5.74, 6) is -0.768. The zero-order valence-electron chi connectivity index (χ0n) is 8.79. The number of aryl methyl sites for hydroxylation is 1. The van der Waals surface area contributed by atoms with Crippen molar-refractivity contribution < 1.29 is 9.90 Å². The van der Waals surface area contributed by atoms with E-state index in [9.17, 15) is 4.79 Å². The molecule has 15 heavy (non-hydrogen) atoms. The normalized spacial score (nSPS) is 16.3. The Kier molecular flexibility index (Phi) is 2.73. The van der Waals surface area contributed by atoms with Crippen LogP contribution in [0.2, 0.25) is 0 Å². The molecule has 2 N–H and O–H groups in total. The second-order valence-electron chi connectivity index (χ2n) is 4.01. The molecule has 0 bridgehead atoms. The summed E-state index contributed by atoms with van der Waals surface area (Å²) in [5.41, 5.74) is 3.29. The van der Waals surface area contributed by atoms with Gasteiger partial charge in [-0.15, -0.1) is 0 Å². The maximum Gasteiger partial charge on any atom is 0.303 e. The van der Waals surface area contributed by atoms with Crippen molar-refractivity contribution in [1.29, 1.82) is 0 Å². The minimum absolute atomic E-state index is 0.154. The number of carboxylic acids is 1. The van der Waals surface area contributed by atoms with Crippen molar-refractivity contribution >= 4 is 5.97 Å². The second kappa shape index (κ2) is 4.02. The molecule has 82 valence electrons. The van der Waals surface area contributed by atoms with Crippen LogP contribution >= 0.6 is 0 Å². The number of aliphatic carboxylic acids is 1. The maximum absolute atomic E-state index is 10.5. The Morgan fingerprint density at radius 2 is 2.47 bits per heavy atom. The van der Waals surface area contributed by atoms with E-state index in [2.05, 4.69) is 22.1 Å². The van der Waals surface area contributed by atoms with E-state index < -0.39 is 5.97 Å². The van der Waals surface area contributed by atoms with Gasteiger partial charge in [-0.25, -0.2) is 0 Å². The molecule has 1 aromatic heterocycles. The molecule has 0 amide bonds. The number of aromatic amines is 1. The van der Waals surface area contributed by atoms with Gasteiger partial charge in [-0.1, -0.05) is 0 Å². The third-order valence-electron chi connectivity index (χ3n) is 2.79. The summed E-state index contributed by atoms with van der Waals surface area (Å²) < 4.78 is 0. The van der Waals surface area contributed by atoms with Gasteiger partial charge in [0.25, 0.3) is 0 Å². The molecule has 0 atom stereocenters. The van der Waals surface area contributed by atoms with Crippen LogP contribution in [0.3, 0.4) is 0 Å². The van der Waals surface area contributed by atoms with Crippen LogP contribution in [0, 0.1) is 0 Å². The van der Waals surface area contributed by atoms with Gasteiger partial charge in [0.15, 0.2) is 0 Å². The molecule has 0 spiro atoms. The number of carboxylic acid groups (broad SMARTS) is 1. The molecule has 0 radical (unpaired) electrons. The molecule has 2 rings (SSSR count). The number of nitrogens with zero attached hydrogens (tertiary/aromatic N) is 2. The van der Waals surface area contributed by atoms with Gasteiger partial charge in [0, 0.05) is 37.2 Å². The number of aromatic nitrogens is 2. The minimum Gasteiger partial charge on any atom is -0.481 e. The van der Waals surface area contributed by atoms with Gasteiger partial charge in [0.05, 0.1) is 12.1 Å². The summed E-state index contributed by atoms with van der Waals surface area (Å²) >= 11 is 0. The molecule has 0 fully saturated rings. The van der Waals surface area contributed by atoms with Crippen LogP contribution in [0.25, 0.3) is 0 Å². The fourth-order valence-corrected chi connectivity index (χ4v) is 1.92. The maximum atomic E-state index is 10.5. The first-order chi connectivity index (χ1) is 7.16. The van der Waals surface area contributed by atoms with Crippen LogP contribution in [0.5, 0.6) is 0 Å². The van der Waals surface area contributed by atoms with Crippen LogP contribution in [0.15, 0.2) is 0 Å². The fourth-order valence-electron chi connectivity index (χ4n) is 1.92. The van der Waals surface area contributed by atoms with Crippen molar-refractivity contribution in [2.75, 3.05) is 13.6 Å². The quantitative estimate of drug-likeness (QED) is 0.756. The lowest BCUT2D eigenvalue weighted by molar-refractivity contribution is -0.136. The zero-order valence-corrected chi connectivity index (χ0v) is 8.79. The number of carbonyl (C=O) groups is 1.